The van der Waals surface area contributed by atoms with E-state index in [1.165, 1.54) is 19.2 Å². The fourth-order valence-electron chi connectivity index (χ4n) is 3.55. The highest BCUT2D eigenvalue weighted by atomic mass is 16.6. The largest absolute Gasteiger partial charge is 0.497 e. The molecule has 1 saturated heterocycles. The lowest BCUT2D eigenvalue weighted by Crippen LogP contribution is -2.38. The van der Waals surface area contributed by atoms with E-state index in [1.807, 2.05) is 0 Å². The van der Waals surface area contributed by atoms with Gasteiger partial charge in [0.1, 0.15) is 17.0 Å². The van der Waals surface area contributed by atoms with Gasteiger partial charge in [0.05, 0.1) is 18.6 Å². The molecule has 2 aromatic rings. The standard InChI is InChI=1S/C22H26N4O5/c1-31-17-7-5-16(6-8-17)22(28)18-3-2-4-19(21(18)26(29)30)24-14-20(27)25-13-15-9-11-23-12-10-15/h2-8,15,23-24H,9-14H2,1H3,(H,25,27). The summed E-state index contributed by atoms with van der Waals surface area (Å²) >= 11 is 0. The highest BCUT2D eigenvalue weighted by Gasteiger charge is 2.25. The molecule has 0 bridgehead atoms. The minimum absolute atomic E-state index is 0.0460. The first-order valence-electron chi connectivity index (χ1n) is 10.2. The average Bonchev–Trinajstić information content (AvgIpc) is 2.81. The molecule has 3 rings (SSSR count). The lowest BCUT2D eigenvalue weighted by atomic mass is 9.98. The molecule has 164 valence electrons. The van der Waals surface area contributed by atoms with Crippen molar-refractivity contribution >= 4 is 23.1 Å². The summed E-state index contributed by atoms with van der Waals surface area (Å²) in [5, 5.41) is 20.7. The summed E-state index contributed by atoms with van der Waals surface area (Å²) in [6.45, 7) is 2.35. The van der Waals surface area contributed by atoms with Gasteiger partial charge in [-0.25, -0.2) is 0 Å². The molecule has 1 aliphatic rings. The topological polar surface area (TPSA) is 123 Å². The van der Waals surface area contributed by atoms with Crippen molar-refractivity contribution in [3.05, 3.63) is 63.7 Å². The molecular weight excluding hydrogens is 400 g/mol. The minimum Gasteiger partial charge on any atom is -0.497 e. The molecule has 1 fully saturated rings. The van der Waals surface area contributed by atoms with Crippen LogP contribution in [-0.4, -0.2) is 49.9 Å². The summed E-state index contributed by atoms with van der Waals surface area (Å²) in [6.07, 6.45) is 2.02. The van der Waals surface area contributed by atoms with Gasteiger partial charge in [-0.2, -0.15) is 0 Å². The molecule has 9 nitrogen and oxygen atoms in total. The van der Waals surface area contributed by atoms with Gasteiger partial charge in [0.25, 0.3) is 0 Å². The van der Waals surface area contributed by atoms with Crippen molar-refractivity contribution in [3.8, 4) is 5.75 Å². The van der Waals surface area contributed by atoms with Crippen LogP contribution in [0.5, 0.6) is 5.75 Å². The summed E-state index contributed by atoms with van der Waals surface area (Å²) in [5.41, 5.74) is 0.0342. The Kier molecular flexibility index (Phi) is 7.55. The molecular formula is C22H26N4O5. The number of nitro groups is 1. The number of carbonyl (C=O) groups excluding carboxylic acids is 2. The molecule has 0 radical (unpaired) electrons. The maximum Gasteiger partial charge on any atom is 0.303 e. The third-order valence-corrected chi connectivity index (χ3v) is 5.30. The van der Waals surface area contributed by atoms with E-state index in [2.05, 4.69) is 16.0 Å². The zero-order chi connectivity index (χ0) is 22.2. The van der Waals surface area contributed by atoms with Crippen LogP contribution in [0.1, 0.15) is 28.8 Å². The number of carbonyl (C=O) groups is 2. The second-order valence-corrected chi connectivity index (χ2v) is 7.37. The van der Waals surface area contributed by atoms with Crippen molar-refractivity contribution in [2.45, 2.75) is 12.8 Å². The van der Waals surface area contributed by atoms with Crippen LogP contribution in [-0.2, 0) is 4.79 Å². The molecule has 1 heterocycles. The van der Waals surface area contributed by atoms with Crippen molar-refractivity contribution in [1.29, 1.82) is 0 Å². The van der Waals surface area contributed by atoms with Gasteiger partial charge in [0, 0.05) is 12.1 Å². The Balaban J connectivity index is 1.69. The van der Waals surface area contributed by atoms with Gasteiger partial charge in [-0.3, -0.25) is 19.7 Å². The summed E-state index contributed by atoms with van der Waals surface area (Å²) in [7, 11) is 1.51. The van der Waals surface area contributed by atoms with Crippen LogP contribution in [0.4, 0.5) is 11.4 Å². The van der Waals surface area contributed by atoms with Crippen LogP contribution in [0, 0.1) is 16.0 Å². The van der Waals surface area contributed by atoms with Crippen molar-refractivity contribution in [2.75, 3.05) is 38.6 Å². The Bertz CT molecular complexity index is 939. The molecule has 0 saturated carbocycles. The number of ketones is 1. The molecule has 3 N–H and O–H groups in total. The summed E-state index contributed by atoms with van der Waals surface area (Å²) in [6, 6.07) is 10.8. The number of rotatable bonds is 9. The van der Waals surface area contributed by atoms with Crippen LogP contribution in [0.25, 0.3) is 0 Å². The molecule has 0 aliphatic carbocycles. The summed E-state index contributed by atoms with van der Waals surface area (Å²) < 4.78 is 5.08. The minimum atomic E-state index is -0.605. The number of hydrogen-bond donors (Lipinski definition) is 3. The first-order chi connectivity index (χ1) is 15.0. The fraction of sp³-hybridized carbons (Fsp3) is 0.364. The molecule has 31 heavy (non-hydrogen) atoms. The van der Waals surface area contributed by atoms with E-state index < -0.39 is 10.7 Å². The first kappa shape index (κ1) is 22.2. The van der Waals surface area contributed by atoms with E-state index in [4.69, 9.17) is 4.74 Å². The fourth-order valence-corrected chi connectivity index (χ4v) is 3.55. The van der Waals surface area contributed by atoms with Crippen LogP contribution < -0.4 is 20.7 Å². The second-order valence-electron chi connectivity index (χ2n) is 7.37. The van der Waals surface area contributed by atoms with Crippen LogP contribution >= 0.6 is 0 Å². The summed E-state index contributed by atoms with van der Waals surface area (Å²) in [4.78, 5) is 36.2. The highest BCUT2D eigenvalue weighted by Crippen LogP contribution is 2.30. The second kappa shape index (κ2) is 10.5. The van der Waals surface area contributed by atoms with E-state index in [0.29, 0.717) is 23.8 Å². The van der Waals surface area contributed by atoms with E-state index in [-0.39, 0.29) is 29.4 Å². The van der Waals surface area contributed by atoms with Gasteiger partial charge in [0.2, 0.25) is 5.91 Å². The highest BCUT2D eigenvalue weighted by molar-refractivity contribution is 6.12. The van der Waals surface area contributed by atoms with Crippen molar-refractivity contribution in [1.82, 2.24) is 10.6 Å². The van der Waals surface area contributed by atoms with Gasteiger partial charge < -0.3 is 20.7 Å². The molecule has 0 aromatic heterocycles. The monoisotopic (exact) mass is 426 g/mol. The average molecular weight is 426 g/mol. The predicted molar refractivity (Wildman–Crippen MR) is 117 cm³/mol. The third kappa shape index (κ3) is 5.79. The Hall–Kier alpha value is -3.46. The van der Waals surface area contributed by atoms with Gasteiger partial charge in [-0.05, 0) is 68.2 Å². The molecule has 0 atom stereocenters. The van der Waals surface area contributed by atoms with Gasteiger partial charge >= 0.3 is 5.69 Å². The van der Waals surface area contributed by atoms with Gasteiger partial charge in [-0.1, -0.05) is 6.07 Å². The Morgan fingerprint density at radius 2 is 1.87 bits per heavy atom. The normalized spacial score (nSPS) is 14.0. The maximum absolute atomic E-state index is 12.9. The Labute approximate surface area is 180 Å². The van der Waals surface area contributed by atoms with E-state index in [9.17, 15) is 19.7 Å². The number of anilines is 1. The molecule has 0 unspecified atom stereocenters. The SMILES string of the molecule is COc1ccc(C(=O)c2cccc(NCC(=O)NCC3CCNCC3)c2[N+](=O)[O-])cc1. The zero-order valence-electron chi connectivity index (χ0n) is 17.3. The Morgan fingerprint density at radius 1 is 1.16 bits per heavy atom. The quantitative estimate of drug-likeness (QED) is 0.320. The number of benzene rings is 2. The number of nitrogens with zero attached hydrogens (tertiary/aromatic N) is 1. The number of ether oxygens (including phenoxy) is 1. The number of nitro benzene ring substituents is 1. The number of methoxy groups -OCH3 is 1. The lowest BCUT2D eigenvalue weighted by molar-refractivity contribution is -0.384. The van der Waals surface area contributed by atoms with Gasteiger partial charge in [-0.15, -0.1) is 0 Å². The molecule has 0 spiro atoms. The molecule has 2 aromatic carbocycles. The predicted octanol–water partition coefficient (Wildman–Crippen LogP) is 2.36. The number of para-hydroxylation sites is 1. The molecule has 1 amide bonds. The molecule has 1 aliphatic heterocycles. The van der Waals surface area contributed by atoms with E-state index in [1.54, 1.807) is 30.3 Å². The van der Waals surface area contributed by atoms with E-state index in [0.717, 1.165) is 25.9 Å². The van der Waals surface area contributed by atoms with Gasteiger partial charge in [0.15, 0.2) is 5.78 Å². The third-order valence-electron chi connectivity index (χ3n) is 5.30. The number of amides is 1. The smallest absolute Gasteiger partial charge is 0.303 e. The number of nitrogens with one attached hydrogen (secondary N) is 3. The van der Waals surface area contributed by atoms with Crippen LogP contribution in [0.3, 0.4) is 0 Å². The van der Waals surface area contributed by atoms with Crippen LogP contribution in [0.2, 0.25) is 0 Å². The molecule has 9 heteroatoms. The van der Waals surface area contributed by atoms with Crippen LogP contribution in [0.15, 0.2) is 42.5 Å². The zero-order valence-corrected chi connectivity index (χ0v) is 17.3. The number of piperidine rings is 1. The van der Waals surface area contributed by atoms with Crippen molar-refractivity contribution < 1.29 is 19.2 Å². The summed E-state index contributed by atoms with van der Waals surface area (Å²) in [5.74, 6) is 0.287. The Morgan fingerprint density at radius 3 is 2.52 bits per heavy atom. The maximum atomic E-state index is 12.9. The van der Waals surface area contributed by atoms with E-state index >= 15 is 0 Å². The van der Waals surface area contributed by atoms with Crippen molar-refractivity contribution in [3.63, 3.8) is 0 Å². The number of hydrogen-bond acceptors (Lipinski definition) is 7. The van der Waals surface area contributed by atoms with Crippen molar-refractivity contribution in [2.24, 2.45) is 5.92 Å². The lowest BCUT2D eigenvalue weighted by Gasteiger charge is -2.22. The first-order valence-corrected chi connectivity index (χ1v) is 10.2.